The van der Waals surface area contributed by atoms with Gasteiger partial charge in [0.25, 0.3) is 0 Å². The van der Waals surface area contributed by atoms with Gasteiger partial charge < -0.3 is 10.8 Å². The van der Waals surface area contributed by atoms with Crippen LogP contribution in [0.3, 0.4) is 0 Å². The molecule has 7 heteroatoms. The normalized spacial score (nSPS) is 12.1. The highest BCUT2D eigenvalue weighted by Gasteiger charge is 2.12. The maximum Gasteiger partial charge on any atom is 0.320 e. The van der Waals surface area contributed by atoms with Gasteiger partial charge in [0, 0.05) is 5.56 Å². The quantitative estimate of drug-likeness (QED) is 0.771. The summed E-state index contributed by atoms with van der Waals surface area (Å²) in [5.41, 5.74) is 7.76. The lowest BCUT2D eigenvalue weighted by atomic mass is 10.0. The van der Waals surface area contributed by atoms with Crippen molar-refractivity contribution in [2.24, 2.45) is 5.73 Å². The highest BCUT2D eigenvalue weighted by atomic mass is 16.4. The first-order chi connectivity index (χ1) is 8.66. The molecule has 0 aliphatic heterocycles. The summed E-state index contributed by atoms with van der Waals surface area (Å²) in [6, 6.07) is 6.35. The Labute approximate surface area is 103 Å². The maximum atomic E-state index is 10.6. The lowest BCUT2D eigenvalue weighted by Gasteiger charge is -2.06. The Morgan fingerprint density at radius 1 is 1.28 bits per heavy atom. The predicted octanol–water partition coefficient (Wildman–Crippen LogP) is -0.112. The van der Waals surface area contributed by atoms with Crippen LogP contribution >= 0.6 is 0 Å². The number of nitrogens with two attached hydrogens (primary N) is 1. The average molecular weight is 245 g/mol. The third kappa shape index (κ3) is 2.83. The van der Waals surface area contributed by atoms with E-state index in [1.54, 1.807) is 12.1 Å². The molecule has 1 aromatic carbocycles. The van der Waals surface area contributed by atoms with Gasteiger partial charge in [-0.2, -0.15) is 0 Å². The molecule has 0 unspecified atom stereocenters. The number of aromatic nitrogens is 4. The minimum absolute atomic E-state index is 0.288. The molecule has 0 bridgehead atoms. The summed E-state index contributed by atoms with van der Waals surface area (Å²) >= 11 is 0. The highest BCUT2D eigenvalue weighted by molar-refractivity contribution is 5.73. The van der Waals surface area contributed by atoms with E-state index in [2.05, 4.69) is 20.6 Å². The minimum atomic E-state index is -1.01. The van der Waals surface area contributed by atoms with E-state index in [-0.39, 0.29) is 6.42 Å². The number of aliphatic carboxylic acids is 1. The number of carboxylic acid groups (broad SMARTS) is 1. The van der Waals surface area contributed by atoms with Crippen LogP contribution in [0.1, 0.15) is 5.56 Å². The molecule has 7 nitrogen and oxygen atoms in total. The van der Waals surface area contributed by atoms with Gasteiger partial charge in [-0.25, -0.2) is 0 Å². The van der Waals surface area contributed by atoms with Crippen LogP contribution in [0.4, 0.5) is 0 Å². The largest absolute Gasteiger partial charge is 0.480 e. The zero-order valence-electron chi connectivity index (χ0n) is 9.39. The molecule has 1 atom stereocenters. The van der Waals surface area contributed by atoms with Gasteiger partial charge in [0.1, 0.15) is 11.7 Å². The number of nitrogens with zero attached hydrogens (tertiary/aromatic N) is 4. The Hall–Kier alpha value is -2.41. The number of rotatable bonds is 4. The molecule has 0 saturated carbocycles. The van der Waals surface area contributed by atoms with Crippen molar-refractivity contribution in [3.63, 3.8) is 0 Å². The maximum absolute atomic E-state index is 10.6. The molecule has 0 saturated heterocycles. The first-order valence-electron chi connectivity index (χ1n) is 5.25. The Kier molecular flexibility index (Phi) is 3.54. The van der Waals surface area contributed by atoms with Crippen LogP contribution in [0.15, 0.2) is 30.5 Å². The molecule has 2 aromatic rings. The summed E-state index contributed by atoms with van der Waals surface area (Å²) in [4.78, 5) is 10.6. The third-order valence-electron chi connectivity index (χ3n) is 2.45. The van der Waals surface area contributed by atoms with Crippen molar-refractivity contribution >= 4 is 5.97 Å². The topological polar surface area (TPSA) is 115 Å². The molecule has 0 fully saturated rings. The number of carbonyl (C=O) groups is 1. The molecule has 0 amide bonds. The summed E-state index contributed by atoms with van der Waals surface area (Å²) in [5.74, 6) is -1.01. The summed E-state index contributed by atoms with van der Waals surface area (Å²) in [5, 5.41) is 23.0. The van der Waals surface area contributed by atoms with Gasteiger partial charge in [0.2, 0.25) is 0 Å². The van der Waals surface area contributed by atoms with E-state index in [1.807, 2.05) is 12.1 Å². The number of hydrogen-bond acceptors (Lipinski definition) is 6. The van der Waals surface area contributed by atoms with Crippen LogP contribution in [0, 0.1) is 0 Å². The summed E-state index contributed by atoms with van der Waals surface area (Å²) < 4.78 is 0. The molecule has 0 radical (unpaired) electrons. The summed E-state index contributed by atoms with van der Waals surface area (Å²) in [6.07, 6.45) is 1.79. The second-order valence-electron chi connectivity index (χ2n) is 3.75. The fraction of sp³-hybridized carbons (Fsp3) is 0.182. The molecule has 0 aliphatic carbocycles. The van der Waals surface area contributed by atoms with Gasteiger partial charge in [0.15, 0.2) is 0 Å². The van der Waals surface area contributed by atoms with Crippen LogP contribution in [0.25, 0.3) is 11.3 Å². The van der Waals surface area contributed by atoms with Crippen molar-refractivity contribution in [3.8, 4) is 11.3 Å². The number of benzene rings is 1. The SMILES string of the molecule is N[C@@H](Cc1ccc(-c2cnnnn2)cc1)C(=O)O. The van der Waals surface area contributed by atoms with E-state index in [9.17, 15) is 4.79 Å². The van der Waals surface area contributed by atoms with Crippen molar-refractivity contribution in [2.45, 2.75) is 12.5 Å². The average Bonchev–Trinajstić information content (AvgIpc) is 2.40. The molecule has 92 valence electrons. The van der Waals surface area contributed by atoms with Crippen molar-refractivity contribution < 1.29 is 9.90 Å². The van der Waals surface area contributed by atoms with E-state index >= 15 is 0 Å². The number of carboxylic acids is 1. The molecule has 2 rings (SSSR count). The Morgan fingerprint density at radius 2 is 2.00 bits per heavy atom. The van der Waals surface area contributed by atoms with Crippen molar-refractivity contribution in [1.29, 1.82) is 0 Å². The lowest BCUT2D eigenvalue weighted by molar-refractivity contribution is -0.138. The van der Waals surface area contributed by atoms with E-state index < -0.39 is 12.0 Å². The van der Waals surface area contributed by atoms with Crippen LogP contribution < -0.4 is 5.73 Å². The molecule has 1 aromatic heterocycles. The molecular formula is C11H11N5O2. The minimum Gasteiger partial charge on any atom is -0.480 e. The van der Waals surface area contributed by atoms with Gasteiger partial charge in [0.05, 0.1) is 6.20 Å². The van der Waals surface area contributed by atoms with Crippen LogP contribution in [0.5, 0.6) is 0 Å². The molecule has 3 N–H and O–H groups in total. The van der Waals surface area contributed by atoms with E-state index in [0.29, 0.717) is 5.69 Å². The van der Waals surface area contributed by atoms with Gasteiger partial charge in [-0.05, 0) is 22.4 Å². The highest BCUT2D eigenvalue weighted by Crippen LogP contribution is 2.15. The van der Waals surface area contributed by atoms with Crippen LogP contribution in [0.2, 0.25) is 0 Å². The number of hydrogen-bond donors (Lipinski definition) is 2. The smallest absolute Gasteiger partial charge is 0.320 e. The first kappa shape index (κ1) is 12.1. The standard InChI is InChI=1S/C11H11N5O2/c12-9(11(17)18)5-7-1-3-8(4-2-7)10-6-13-15-16-14-10/h1-4,6,9H,5,12H2,(H,17,18)/t9-/m0/s1. The fourth-order valence-corrected chi connectivity index (χ4v) is 1.48. The van der Waals surface area contributed by atoms with Crippen LogP contribution in [-0.2, 0) is 11.2 Å². The van der Waals surface area contributed by atoms with Crippen molar-refractivity contribution in [1.82, 2.24) is 20.6 Å². The van der Waals surface area contributed by atoms with E-state index in [4.69, 9.17) is 10.8 Å². The van der Waals surface area contributed by atoms with Crippen LogP contribution in [-0.4, -0.2) is 37.7 Å². The van der Waals surface area contributed by atoms with Gasteiger partial charge >= 0.3 is 5.97 Å². The zero-order valence-corrected chi connectivity index (χ0v) is 9.39. The van der Waals surface area contributed by atoms with Gasteiger partial charge in [-0.15, -0.1) is 10.2 Å². The van der Waals surface area contributed by atoms with Gasteiger partial charge in [-0.1, -0.05) is 24.3 Å². The summed E-state index contributed by atoms with van der Waals surface area (Å²) in [7, 11) is 0. The van der Waals surface area contributed by atoms with Crippen molar-refractivity contribution in [2.75, 3.05) is 0 Å². The second kappa shape index (κ2) is 5.28. The first-order valence-corrected chi connectivity index (χ1v) is 5.25. The summed E-state index contributed by atoms with van der Waals surface area (Å²) in [6.45, 7) is 0. The monoisotopic (exact) mass is 245 g/mol. The van der Waals surface area contributed by atoms with E-state index in [0.717, 1.165) is 11.1 Å². The zero-order chi connectivity index (χ0) is 13.0. The Bertz CT molecular complexity index is 529. The molecule has 0 aliphatic rings. The Balaban J connectivity index is 2.13. The van der Waals surface area contributed by atoms with Gasteiger partial charge in [-0.3, -0.25) is 4.79 Å². The Morgan fingerprint density at radius 3 is 2.56 bits per heavy atom. The molecule has 0 spiro atoms. The lowest BCUT2D eigenvalue weighted by Crippen LogP contribution is -2.32. The fourth-order valence-electron chi connectivity index (χ4n) is 1.48. The molecule has 1 heterocycles. The third-order valence-corrected chi connectivity index (χ3v) is 2.45. The molecular weight excluding hydrogens is 234 g/mol. The second-order valence-corrected chi connectivity index (χ2v) is 3.75. The van der Waals surface area contributed by atoms with E-state index in [1.165, 1.54) is 6.20 Å². The predicted molar refractivity (Wildman–Crippen MR) is 62.4 cm³/mol. The van der Waals surface area contributed by atoms with Crippen molar-refractivity contribution in [3.05, 3.63) is 36.0 Å². The molecule has 18 heavy (non-hydrogen) atoms.